The molecule has 2 aromatic rings. The van der Waals surface area contributed by atoms with Gasteiger partial charge in [-0.2, -0.15) is 0 Å². The lowest BCUT2D eigenvalue weighted by Gasteiger charge is -2.39. The lowest BCUT2D eigenvalue weighted by atomic mass is 9.74. The van der Waals surface area contributed by atoms with Crippen LogP contribution in [0.5, 0.6) is 0 Å². The molecule has 2 aliphatic heterocycles. The number of hydrogen-bond donors (Lipinski definition) is 1. The monoisotopic (exact) mass is 370 g/mol. The van der Waals surface area contributed by atoms with Crippen LogP contribution in [0, 0.1) is 0 Å². The predicted molar refractivity (Wildman–Crippen MR) is 118 cm³/mol. The molecule has 28 heavy (non-hydrogen) atoms. The second kappa shape index (κ2) is 6.62. The van der Waals surface area contributed by atoms with Crippen molar-refractivity contribution in [2.75, 3.05) is 0 Å². The highest BCUT2D eigenvalue weighted by atomic mass is 15.0. The summed E-state index contributed by atoms with van der Waals surface area (Å²) in [4.78, 5) is 5.43. The average Bonchev–Trinajstić information content (AvgIpc) is 2.68. The first kappa shape index (κ1) is 17.7. The maximum Gasteiger partial charge on any atom is 0.0677 e. The smallest absolute Gasteiger partial charge is 0.0677 e. The predicted octanol–water partition coefficient (Wildman–Crippen LogP) is 5.70. The van der Waals surface area contributed by atoms with Crippen LogP contribution in [-0.2, 0) is 12.8 Å². The fourth-order valence-electron chi connectivity index (χ4n) is 5.38. The van der Waals surface area contributed by atoms with E-state index in [0.717, 1.165) is 12.8 Å². The van der Waals surface area contributed by atoms with Gasteiger partial charge in [-0.3, -0.25) is 4.99 Å². The molecule has 0 saturated heterocycles. The van der Waals surface area contributed by atoms with E-state index in [1.165, 1.54) is 65.8 Å². The van der Waals surface area contributed by atoms with Crippen molar-refractivity contribution in [2.24, 2.45) is 4.99 Å². The Morgan fingerprint density at radius 2 is 1.46 bits per heavy atom. The molecular weight excluding hydrogens is 340 g/mol. The average molecular weight is 371 g/mol. The van der Waals surface area contributed by atoms with Gasteiger partial charge >= 0.3 is 0 Å². The van der Waals surface area contributed by atoms with Crippen LogP contribution in [0.15, 0.2) is 59.6 Å². The van der Waals surface area contributed by atoms with Crippen LogP contribution in [0.25, 0.3) is 5.70 Å². The Labute approximate surface area is 168 Å². The third-order valence-corrected chi connectivity index (χ3v) is 6.65. The maximum absolute atomic E-state index is 5.43. The van der Waals surface area contributed by atoms with Crippen LogP contribution in [-0.4, -0.2) is 16.8 Å². The van der Waals surface area contributed by atoms with E-state index in [0.29, 0.717) is 0 Å². The van der Waals surface area contributed by atoms with E-state index in [2.05, 4.69) is 73.8 Å². The molecule has 2 heteroatoms. The number of hydrogen-bond acceptors (Lipinski definition) is 2. The molecule has 144 valence electrons. The van der Waals surface area contributed by atoms with Crippen LogP contribution < -0.4 is 5.32 Å². The molecule has 0 aromatic heterocycles. The van der Waals surface area contributed by atoms with Crippen LogP contribution >= 0.6 is 0 Å². The Bertz CT molecular complexity index is 958. The minimum Gasteiger partial charge on any atom is -0.379 e. The molecule has 1 aliphatic carbocycles. The van der Waals surface area contributed by atoms with Gasteiger partial charge in [-0.15, -0.1) is 0 Å². The molecule has 2 heterocycles. The normalized spacial score (nSPS) is 23.5. The van der Waals surface area contributed by atoms with Gasteiger partial charge in [0.2, 0.25) is 0 Å². The fraction of sp³-hybridized carbons (Fsp3) is 0.423. The minimum atomic E-state index is 0.0530. The number of nitrogens with one attached hydrogen (secondary N) is 1. The maximum atomic E-state index is 5.43. The number of benzene rings is 2. The van der Waals surface area contributed by atoms with Crippen molar-refractivity contribution in [3.63, 3.8) is 0 Å². The molecule has 5 rings (SSSR count). The largest absolute Gasteiger partial charge is 0.379 e. The molecular formula is C26H30N2. The quantitative estimate of drug-likeness (QED) is 0.684. The van der Waals surface area contributed by atoms with Crippen LogP contribution in [0.1, 0.15) is 68.2 Å². The van der Waals surface area contributed by atoms with E-state index in [4.69, 9.17) is 4.99 Å². The third kappa shape index (κ3) is 3.19. The zero-order valence-electron chi connectivity index (χ0n) is 17.1. The Hall–Kier alpha value is -2.35. The zero-order chi connectivity index (χ0) is 19.2. The van der Waals surface area contributed by atoms with Crippen LogP contribution in [0.4, 0.5) is 0 Å². The molecule has 2 aromatic carbocycles. The molecule has 0 radical (unpaired) electrons. The van der Waals surface area contributed by atoms with E-state index < -0.39 is 0 Å². The Morgan fingerprint density at radius 1 is 0.821 bits per heavy atom. The molecule has 2 nitrogen and oxygen atoms in total. The van der Waals surface area contributed by atoms with Crippen molar-refractivity contribution in [2.45, 2.75) is 69.9 Å². The van der Waals surface area contributed by atoms with Gasteiger partial charge in [-0.05, 0) is 56.7 Å². The van der Waals surface area contributed by atoms with Gasteiger partial charge in [0.15, 0.2) is 0 Å². The summed E-state index contributed by atoms with van der Waals surface area (Å²) in [6.45, 7) is 4.58. The van der Waals surface area contributed by atoms with E-state index in [9.17, 15) is 0 Å². The lowest BCUT2D eigenvalue weighted by molar-refractivity contribution is 0.294. The van der Waals surface area contributed by atoms with E-state index in [1.54, 1.807) is 0 Å². The molecule has 0 atom stereocenters. The topological polar surface area (TPSA) is 24.4 Å². The minimum absolute atomic E-state index is 0.0530. The SMILES string of the molecule is CC1(C)Cc2ccccc2/C(=C\C2=NC3(CCCCC3)Cc3ccccc32)N1. The second-order valence-electron chi connectivity index (χ2n) is 9.52. The number of allylic oxidation sites excluding steroid dienone is 1. The van der Waals surface area contributed by atoms with Crippen molar-refractivity contribution < 1.29 is 0 Å². The molecule has 1 spiro atoms. The van der Waals surface area contributed by atoms with E-state index in [1.807, 2.05) is 0 Å². The lowest BCUT2D eigenvalue weighted by Crippen LogP contribution is -2.44. The van der Waals surface area contributed by atoms with Gasteiger partial charge in [0.05, 0.1) is 11.3 Å². The Balaban J connectivity index is 1.64. The number of rotatable bonds is 1. The van der Waals surface area contributed by atoms with Gasteiger partial charge in [-0.1, -0.05) is 67.8 Å². The van der Waals surface area contributed by atoms with E-state index in [-0.39, 0.29) is 11.1 Å². The first-order chi connectivity index (χ1) is 13.5. The van der Waals surface area contributed by atoms with Gasteiger partial charge < -0.3 is 5.32 Å². The van der Waals surface area contributed by atoms with Gasteiger partial charge in [0, 0.05) is 22.4 Å². The zero-order valence-corrected chi connectivity index (χ0v) is 17.1. The molecule has 1 fully saturated rings. The van der Waals surface area contributed by atoms with E-state index >= 15 is 0 Å². The van der Waals surface area contributed by atoms with Crippen molar-refractivity contribution >= 4 is 11.4 Å². The number of fused-ring (bicyclic) bond motifs is 2. The van der Waals surface area contributed by atoms with Gasteiger partial charge in [0.25, 0.3) is 0 Å². The highest BCUT2D eigenvalue weighted by molar-refractivity contribution is 6.14. The van der Waals surface area contributed by atoms with Crippen molar-refractivity contribution in [1.82, 2.24) is 5.32 Å². The first-order valence-electron chi connectivity index (χ1n) is 10.8. The first-order valence-corrected chi connectivity index (χ1v) is 10.8. The van der Waals surface area contributed by atoms with Crippen LogP contribution in [0.3, 0.4) is 0 Å². The molecule has 0 amide bonds. The number of nitrogens with zero attached hydrogens (tertiary/aromatic N) is 1. The highest BCUT2D eigenvalue weighted by Crippen LogP contribution is 2.39. The summed E-state index contributed by atoms with van der Waals surface area (Å²) in [5.41, 5.74) is 8.08. The van der Waals surface area contributed by atoms with Crippen molar-refractivity contribution in [3.05, 3.63) is 76.9 Å². The summed E-state index contributed by atoms with van der Waals surface area (Å²) in [5, 5.41) is 3.80. The van der Waals surface area contributed by atoms with Crippen molar-refractivity contribution in [3.8, 4) is 0 Å². The molecule has 1 saturated carbocycles. The molecule has 1 N–H and O–H groups in total. The molecule has 0 bridgehead atoms. The highest BCUT2D eigenvalue weighted by Gasteiger charge is 2.36. The summed E-state index contributed by atoms with van der Waals surface area (Å²) in [6.07, 6.45) is 10.9. The van der Waals surface area contributed by atoms with Crippen molar-refractivity contribution in [1.29, 1.82) is 0 Å². The van der Waals surface area contributed by atoms with Crippen LogP contribution in [0.2, 0.25) is 0 Å². The summed E-state index contributed by atoms with van der Waals surface area (Å²) in [6, 6.07) is 17.7. The number of aliphatic imine (C=N–C) groups is 1. The summed E-state index contributed by atoms with van der Waals surface area (Å²) >= 11 is 0. The Kier molecular flexibility index (Phi) is 4.19. The van der Waals surface area contributed by atoms with Gasteiger partial charge in [0.1, 0.15) is 0 Å². The summed E-state index contributed by atoms with van der Waals surface area (Å²) < 4.78 is 0. The van der Waals surface area contributed by atoms with Gasteiger partial charge in [-0.25, -0.2) is 0 Å². The standard InChI is InChI=1S/C26H30N2/c1-25(2)17-19-10-4-6-12-21(19)23(27-25)16-24-22-13-7-5-11-20(22)18-26(28-24)14-8-3-9-15-26/h4-7,10-13,16,27H,3,8-9,14-15,17-18H2,1-2H3/b23-16+. The summed E-state index contributed by atoms with van der Waals surface area (Å²) in [7, 11) is 0. The summed E-state index contributed by atoms with van der Waals surface area (Å²) in [5.74, 6) is 0. The second-order valence-corrected chi connectivity index (χ2v) is 9.52. The molecule has 0 unspecified atom stereocenters. The molecule has 3 aliphatic rings. The third-order valence-electron chi connectivity index (χ3n) is 6.65. The fourth-order valence-corrected chi connectivity index (χ4v) is 5.38. The Morgan fingerprint density at radius 3 is 2.21 bits per heavy atom.